The highest BCUT2D eigenvalue weighted by Crippen LogP contribution is 2.30. The molecule has 0 radical (unpaired) electrons. The molecule has 1 aromatic heterocycles. The molecule has 0 aliphatic carbocycles. The van der Waals surface area contributed by atoms with Gasteiger partial charge in [0.15, 0.2) is 5.58 Å². The molecule has 2 amide bonds. The summed E-state index contributed by atoms with van der Waals surface area (Å²) >= 11 is 0. The maximum Gasteiger partial charge on any atom is 0.420 e. The number of hydrogen-bond acceptors (Lipinski definition) is 4. The van der Waals surface area contributed by atoms with Gasteiger partial charge in [0.25, 0.3) is 0 Å². The molecule has 7 nitrogen and oxygen atoms in total. The van der Waals surface area contributed by atoms with E-state index in [0.29, 0.717) is 43.7 Å². The maximum absolute atomic E-state index is 13.2. The first-order valence-electron chi connectivity index (χ1n) is 10.5. The molecule has 0 bridgehead atoms. The van der Waals surface area contributed by atoms with Gasteiger partial charge in [0.05, 0.1) is 11.4 Å². The molecule has 3 aromatic rings. The first kappa shape index (κ1) is 19.5. The average Bonchev–Trinajstić information content (AvgIpc) is 3.33. The standard InChI is InChI=1S/C23H22FN3O4/c24-16-5-7-17(8-6-16)26-14-15(13-21(26)28)22(29)25-11-9-18(10-12-25)27-19-3-1-2-4-20(19)31-23(27)30/h1-8,15,18H,9-14H2. The number of nitrogens with zero attached hydrogens (tertiary/aromatic N) is 3. The zero-order valence-electron chi connectivity index (χ0n) is 16.9. The minimum atomic E-state index is -0.411. The van der Waals surface area contributed by atoms with E-state index >= 15 is 0 Å². The number of fused-ring (bicyclic) bond motifs is 1. The lowest BCUT2D eigenvalue weighted by atomic mass is 10.0. The smallest absolute Gasteiger partial charge is 0.408 e. The molecule has 2 fully saturated rings. The van der Waals surface area contributed by atoms with Crippen molar-refractivity contribution < 1.29 is 18.4 Å². The van der Waals surface area contributed by atoms with Gasteiger partial charge in [-0.05, 0) is 49.2 Å². The van der Waals surface area contributed by atoms with Crippen molar-refractivity contribution in [3.8, 4) is 0 Å². The second kappa shape index (κ2) is 7.68. The highest BCUT2D eigenvalue weighted by atomic mass is 19.1. The molecule has 8 heteroatoms. The van der Waals surface area contributed by atoms with Crippen molar-refractivity contribution in [2.75, 3.05) is 24.5 Å². The van der Waals surface area contributed by atoms with Gasteiger partial charge in [0, 0.05) is 37.8 Å². The summed E-state index contributed by atoms with van der Waals surface area (Å²) in [7, 11) is 0. The van der Waals surface area contributed by atoms with Gasteiger partial charge in [-0.1, -0.05) is 12.1 Å². The fourth-order valence-corrected chi connectivity index (χ4v) is 4.68. The van der Waals surface area contributed by atoms with Crippen molar-refractivity contribution in [1.82, 2.24) is 9.47 Å². The van der Waals surface area contributed by atoms with E-state index in [1.165, 1.54) is 12.1 Å². The number of benzene rings is 2. The van der Waals surface area contributed by atoms with E-state index in [4.69, 9.17) is 4.42 Å². The van der Waals surface area contributed by atoms with Crippen LogP contribution >= 0.6 is 0 Å². The normalized spacial score (nSPS) is 20.0. The molecular weight excluding hydrogens is 401 g/mol. The molecule has 2 aromatic carbocycles. The summed E-state index contributed by atoms with van der Waals surface area (Å²) in [5.41, 5.74) is 1.94. The van der Waals surface area contributed by atoms with Crippen LogP contribution in [-0.2, 0) is 9.59 Å². The summed E-state index contributed by atoms with van der Waals surface area (Å²) in [5, 5.41) is 0. The Morgan fingerprint density at radius 3 is 2.45 bits per heavy atom. The predicted octanol–water partition coefficient (Wildman–Crippen LogP) is 2.95. The van der Waals surface area contributed by atoms with Crippen LogP contribution in [0.4, 0.5) is 10.1 Å². The molecular formula is C23H22FN3O4. The molecule has 0 spiro atoms. The second-order valence-corrected chi connectivity index (χ2v) is 8.14. The molecule has 5 rings (SSSR count). The Morgan fingerprint density at radius 2 is 1.71 bits per heavy atom. The maximum atomic E-state index is 13.2. The largest absolute Gasteiger partial charge is 0.420 e. The monoisotopic (exact) mass is 423 g/mol. The Balaban J connectivity index is 1.25. The Kier molecular flexibility index (Phi) is 4.84. The fraction of sp³-hybridized carbons (Fsp3) is 0.348. The summed E-state index contributed by atoms with van der Waals surface area (Å²) < 4.78 is 20.2. The van der Waals surface area contributed by atoms with E-state index in [1.807, 2.05) is 18.2 Å². The molecule has 1 unspecified atom stereocenters. The van der Waals surface area contributed by atoms with Crippen molar-refractivity contribution in [3.63, 3.8) is 0 Å². The van der Waals surface area contributed by atoms with Crippen LogP contribution < -0.4 is 10.7 Å². The van der Waals surface area contributed by atoms with Crippen LogP contribution in [0.15, 0.2) is 57.7 Å². The molecule has 160 valence electrons. The number of carbonyl (C=O) groups excluding carboxylic acids is 2. The molecule has 3 heterocycles. The van der Waals surface area contributed by atoms with Gasteiger partial charge in [-0.2, -0.15) is 0 Å². The third kappa shape index (κ3) is 3.52. The first-order valence-corrected chi connectivity index (χ1v) is 10.5. The summed E-state index contributed by atoms with van der Waals surface area (Å²) in [6.45, 7) is 1.35. The second-order valence-electron chi connectivity index (χ2n) is 8.14. The Morgan fingerprint density at radius 1 is 1.00 bits per heavy atom. The molecule has 2 aliphatic heterocycles. The van der Waals surface area contributed by atoms with Gasteiger partial charge >= 0.3 is 5.76 Å². The number of aromatic nitrogens is 1. The number of anilines is 1. The Hall–Kier alpha value is -3.42. The SMILES string of the molecule is O=C(C1CC(=O)N(c2ccc(F)cc2)C1)N1CCC(n2c(=O)oc3ccccc32)CC1. The number of rotatable bonds is 3. The number of piperidine rings is 1. The topological polar surface area (TPSA) is 75.8 Å². The Labute approximate surface area is 177 Å². The van der Waals surface area contributed by atoms with Gasteiger partial charge in [0.1, 0.15) is 5.82 Å². The third-order valence-corrected chi connectivity index (χ3v) is 6.27. The number of halogens is 1. The summed E-state index contributed by atoms with van der Waals surface area (Å²) in [4.78, 5) is 41.2. The lowest BCUT2D eigenvalue weighted by molar-refractivity contribution is -0.137. The molecule has 0 saturated carbocycles. The van der Waals surface area contributed by atoms with Crippen LogP contribution in [0.25, 0.3) is 11.1 Å². The molecule has 0 N–H and O–H groups in total. The van der Waals surface area contributed by atoms with Crippen molar-refractivity contribution in [2.45, 2.75) is 25.3 Å². The Bertz CT molecular complexity index is 1190. The lowest BCUT2D eigenvalue weighted by Gasteiger charge is -2.33. The average molecular weight is 423 g/mol. The van der Waals surface area contributed by atoms with E-state index in [-0.39, 0.29) is 35.9 Å². The van der Waals surface area contributed by atoms with Crippen molar-refractivity contribution >= 4 is 28.6 Å². The number of amides is 2. The third-order valence-electron chi connectivity index (χ3n) is 6.27. The van der Waals surface area contributed by atoms with Crippen molar-refractivity contribution in [1.29, 1.82) is 0 Å². The zero-order chi connectivity index (χ0) is 21.5. The van der Waals surface area contributed by atoms with Crippen LogP contribution in [0.3, 0.4) is 0 Å². The number of para-hydroxylation sites is 2. The van der Waals surface area contributed by atoms with Crippen molar-refractivity contribution in [3.05, 3.63) is 64.9 Å². The van der Waals surface area contributed by atoms with Gasteiger partial charge in [-0.3, -0.25) is 14.2 Å². The van der Waals surface area contributed by atoms with E-state index in [2.05, 4.69) is 0 Å². The lowest BCUT2D eigenvalue weighted by Crippen LogP contribution is -2.43. The van der Waals surface area contributed by atoms with Crippen LogP contribution in [0.5, 0.6) is 0 Å². The minimum Gasteiger partial charge on any atom is -0.408 e. The zero-order valence-corrected chi connectivity index (χ0v) is 16.9. The molecule has 31 heavy (non-hydrogen) atoms. The number of carbonyl (C=O) groups is 2. The van der Waals surface area contributed by atoms with Gasteiger partial charge in [0.2, 0.25) is 11.8 Å². The first-order chi connectivity index (χ1) is 15.0. The predicted molar refractivity (Wildman–Crippen MR) is 112 cm³/mol. The van der Waals surface area contributed by atoms with E-state index < -0.39 is 5.92 Å². The van der Waals surface area contributed by atoms with Crippen LogP contribution in [0.1, 0.15) is 25.3 Å². The van der Waals surface area contributed by atoms with Crippen LogP contribution in [-0.4, -0.2) is 40.9 Å². The van der Waals surface area contributed by atoms with E-state index in [1.54, 1.807) is 32.6 Å². The number of hydrogen-bond donors (Lipinski definition) is 0. The fourth-order valence-electron chi connectivity index (χ4n) is 4.68. The quantitative estimate of drug-likeness (QED) is 0.649. The van der Waals surface area contributed by atoms with Crippen molar-refractivity contribution in [2.24, 2.45) is 5.92 Å². The highest BCUT2D eigenvalue weighted by Gasteiger charge is 2.38. The summed E-state index contributed by atoms with van der Waals surface area (Å²) in [6.07, 6.45) is 1.46. The summed E-state index contributed by atoms with van der Waals surface area (Å²) in [5.74, 6) is -1.32. The number of oxazole rings is 1. The minimum absolute atomic E-state index is 0.0267. The van der Waals surface area contributed by atoms with Crippen LogP contribution in [0.2, 0.25) is 0 Å². The summed E-state index contributed by atoms with van der Waals surface area (Å²) in [6, 6.07) is 13.0. The molecule has 2 saturated heterocycles. The number of likely N-dealkylation sites (tertiary alicyclic amines) is 1. The van der Waals surface area contributed by atoms with Gasteiger partial charge in [-0.25, -0.2) is 9.18 Å². The van der Waals surface area contributed by atoms with Gasteiger partial charge in [-0.15, -0.1) is 0 Å². The highest BCUT2D eigenvalue weighted by molar-refractivity contribution is 6.00. The van der Waals surface area contributed by atoms with E-state index in [0.717, 1.165) is 5.52 Å². The molecule has 2 aliphatic rings. The molecule has 1 atom stereocenters. The van der Waals surface area contributed by atoms with E-state index in [9.17, 15) is 18.8 Å². The van der Waals surface area contributed by atoms with Gasteiger partial charge < -0.3 is 14.2 Å². The van der Waals surface area contributed by atoms with Crippen LogP contribution in [0, 0.1) is 11.7 Å².